The lowest BCUT2D eigenvalue weighted by Crippen LogP contribution is -2.11. The van der Waals surface area contributed by atoms with Crippen LogP contribution in [0, 0.1) is 11.7 Å². The fourth-order valence-electron chi connectivity index (χ4n) is 4.48. The standard InChI is InChI=1S/C30H26FN7/c1-4-18(14-20(5-2)33-17(3)19-10-11-19)24-12-13-25-28(34-24)29(38-37-25)30-35-26-16-32-15-22(27(26)36-30)21-8-6-7-9-23(21)31/h4-9,12-16,19,33H,2-3,10-11H2,1H3,(H,35,36)(H,37,38)/b18-4+,20-14+. The van der Waals surface area contributed by atoms with E-state index in [0.717, 1.165) is 28.2 Å². The maximum absolute atomic E-state index is 14.6. The minimum atomic E-state index is -0.330. The molecule has 1 aromatic carbocycles. The first-order chi connectivity index (χ1) is 18.6. The Morgan fingerprint density at radius 2 is 1.89 bits per heavy atom. The van der Waals surface area contributed by atoms with E-state index in [-0.39, 0.29) is 5.82 Å². The molecule has 0 aliphatic heterocycles. The third kappa shape index (κ3) is 4.30. The van der Waals surface area contributed by atoms with Gasteiger partial charge in [-0.1, -0.05) is 37.4 Å². The number of H-pyrrole nitrogens is 2. The average Bonchev–Trinajstić information content (AvgIpc) is 3.57. The van der Waals surface area contributed by atoms with Crippen molar-refractivity contribution in [2.45, 2.75) is 19.8 Å². The van der Waals surface area contributed by atoms with Gasteiger partial charge in [0, 0.05) is 28.7 Å². The number of hydrogen-bond acceptors (Lipinski definition) is 5. The van der Waals surface area contributed by atoms with Crippen molar-refractivity contribution in [2.24, 2.45) is 5.92 Å². The number of halogens is 1. The highest BCUT2D eigenvalue weighted by Crippen LogP contribution is 2.35. The zero-order chi connectivity index (χ0) is 26.2. The zero-order valence-electron chi connectivity index (χ0n) is 20.9. The van der Waals surface area contributed by atoms with Crippen LogP contribution in [0.25, 0.3) is 50.3 Å². The predicted octanol–water partition coefficient (Wildman–Crippen LogP) is 6.69. The maximum Gasteiger partial charge on any atom is 0.161 e. The van der Waals surface area contributed by atoms with Crippen molar-refractivity contribution >= 4 is 27.6 Å². The van der Waals surface area contributed by atoms with Crippen LogP contribution < -0.4 is 5.32 Å². The summed E-state index contributed by atoms with van der Waals surface area (Å²) in [6, 6.07) is 10.5. The van der Waals surface area contributed by atoms with Gasteiger partial charge in [0.25, 0.3) is 0 Å². The SMILES string of the molecule is C=C/C(=C\C(=C/C)c1ccc2[nH]nc(-c3nc4c(-c5ccccc5F)cncc4[nH]3)c2n1)NC(=C)C1CC1. The second-order valence-electron chi connectivity index (χ2n) is 9.29. The van der Waals surface area contributed by atoms with Crippen LogP contribution in [-0.4, -0.2) is 30.1 Å². The largest absolute Gasteiger partial charge is 0.359 e. The zero-order valence-corrected chi connectivity index (χ0v) is 20.9. The molecule has 0 unspecified atom stereocenters. The summed E-state index contributed by atoms with van der Waals surface area (Å²) in [5, 5.41) is 10.9. The number of hydrogen-bond donors (Lipinski definition) is 3. The van der Waals surface area contributed by atoms with Gasteiger partial charge in [0.1, 0.15) is 16.9 Å². The van der Waals surface area contributed by atoms with Gasteiger partial charge in [-0.15, -0.1) is 0 Å². The molecule has 3 N–H and O–H groups in total. The maximum atomic E-state index is 14.6. The highest BCUT2D eigenvalue weighted by atomic mass is 19.1. The first kappa shape index (κ1) is 23.5. The Labute approximate surface area is 219 Å². The lowest BCUT2D eigenvalue weighted by molar-refractivity contribution is 0.631. The van der Waals surface area contributed by atoms with Gasteiger partial charge >= 0.3 is 0 Å². The Morgan fingerprint density at radius 1 is 1.05 bits per heavy atom. The number of benzene rings is 1. The first-order valence-corrected chi connectivity index (χ1v) is 12.5. The number of allylic oxidation sites excluding steroid dienone is 5. The van der Waals surface area contributed by atoms with Gasteiger partial charge in [-0.3, -0.25) is 10.1 Å². The van der Waals surface area contributed by atoms with E-state index < -0.39 is 0 Å². The van der Waals surface area contributed by atoms with Gasteiger partial charge in [0.05, 0.1) is 22.9 Å². The Morgan fingerprint density at radius 3 is 2.66 bits per heavy atom. The number of rotatable bonds is 8. The van der Waals surface area contributed by atoms with Gasteiger partial charge in [0.15, 0.2) is 11.5 Å². The van der Waals surface area contributed by atoms with Gasteiger partial charge in [0.2, 0.25) is 0 Å². The second kappa shape index (κ2) is 9.55. The summed E-state index contributed by atoms with van der Waals surface area (Å²) in [5.41, 5.74) is 7.96. The summed E-state index contributed by atoms with van der Waals surface area (Å²) in [6.45, 7) is 10.1. The topological polar surface area (TPSA) is 95.2 Å². The van der Waals surface area contributed by atoms with Crippen LogP contribution in [0.15, 0.2) is 91.6 Å². The van der Waals surface area contributed by atoms with Crippen LogP contribution in [0.3, 0.4) is 0 Å². The molecule has 0 saturated heterocycles. The van der Waals surface area contributed by atoms with Crippen LogP contribution >= 0.6 is 0 Å². The molecule has 8 heteroatoms. The van der Waals surface area contributed by atoms with Gasteiger partial charge in [-0.25, -0.2) is 14.4 Å². The molecule has 5 aromatic rings. The molecule has 7 nitrogen and oxygen atoms in total. The molecule has 0 amide bonds. The Balaban J connectivity index is 1.40. The molecular weight excluding hydrogens is 477 g/mol. The molecule has 0 radical (unpaired) electrons. The number of nitrogens with zero attached hydrogens (tertiary/aromatic N) is 4. The molecule has 0 spiro atoms. The van der Waals surface area contributed by atoms with Gasteiger partial charge in [-0.05, 0) is 61.6 Å². The summed E-state index contributed by atoms with van der Waals surface area (Å²) >= 11 is 0. The van der Waals surface area contributed by atoms with E-state index in [4.69, 9.17) is 9.97 Å². The monoisotopic (exact) mass is 503 g/mol. The minimum absolute atomic E-state index is 0.330. The molecular formula is C30H26FN7. The molecule has 1 saturated carbocycles. The van der Waals surface area contributed by atoms with Gasteiger partial charge in [-0.2, -0.15) is 5.10 Å². The normalized spacial score (nSPS) is 14.3. The summed E-state index contributed by atoms with van der Waals surface area (Å²) < 4.78 is 14.6. The molecule has 0 atom stereocenters. The molecule has 38 heavy (non-hydrogen) atoms. The Kier molecular flexibility index (Phi) is 5.92. The van der Waals surface area contributed by atoms with Crippen molar-refractivity contribution in [3.8, 4) is 22.6 Å². The van der Waals surface area contributed by atoms with Crippen molar-refractivity contribution in [3.05, 3.63) is 103 Å². The fraction of sp³-hybridized carbons (Fsp3) is 0.133. The molecule has 0 bridgehead atoms. The summed E-state index contributed by atoms with van der Waals surface area (Å²) in [5.74, 6) is 0.727. The first-order valence-electron chi connectivity index (χ1n) is 12.5. The number of nitrogens with one attached hydrogen (secondary N) is 3. The van der Waals surface area contributed by atoms with Crippen LogP contribution in [0.5, 0.6) is 0 Å². The molecule has 4 aromatic heterocycles. The molecule has 4 heterocycles. The summed E-state index contributed by atoms with van der Waals surface area (Å²) in [6.07, 6.45) is 11.5. The number of imidazole rings is 1. The van der Waals surface area contributed by atoms with Crippen molar-refractivity contribution in [1.82, 2.24) is 35.5 Å². The van der Waals surface area contributed by atoms with E-state index in [9.17, 15) is 4.39 Å². The van der Waals surface area contributed by atoms with Crippen LogP contribution in [0.2, 0.25) is 0 Å². The fourth-order valence-corrected chi connectivity index (χ4v) is 4.48. The minimum Gasteiger partial charge on any atom is -0.359 e. The second-order valence-corrected chi connectivity index (χ2v) is 9.29. The van der Waals surface area contributed by atoms with E-state index in [1.165, 1.54) is 18.9 Å². The number of pyridine rings is 2. The van der Waals surface area contributed by atoms with Crippen molar-refractivity contribution in [3.63, 3.8) is 0 Å². The van der Waals surface area contributed by atoms with Crippen molar-refractivity contribution in [1.29, 1.82) is 0 Å². The van der Waals surface area contributed by atoms with Gasteiger partial charge < -0.3 is 10.3 Å². The highest BCUT2D eigenvalue weighted by molar-refractivity contribution is 5.95. The summed E-state index contributed by atoms with van der Waals surface area (Å²) in [4.78, 5) is 17.3. The van der Waals surface area contributed by atoms with Crippen molar-refractivity contribution < 1.29 is 4.39 Å². The van der Waals surface area contributed by atoms with E-state index in [1.807, 2.05) is 31.2 Å². The lowest BCUT2D eigenvalue weighted by Gasteiger charge is -2.11. The van der Waals surface area contributed by atoms with Crippen molar-refractivity contribution in [2.75, 3.05) is 0 Å². The van der Waals surface area contributed by atoms with E-state index in [0.29, 0.717) is 45.1 Å². The predicted molar refractivity (Wildman–Crippen MR) is 149 cm³/mol. The summed E-state index contributed by atoms with van der Waals surface area (Å²) in [7, 11) is 0. The van der Waals surface area contributed by atoms with E-state index >= 15 is 0 Å². The number of aromatic amines is 2. The quantitative estimate of drug-likeness (QED) is 0.205. The molecule has 1 fully saturated rings. The molecule has 188 valence electrons. The third-order valence-corrected chi connectivity index (χ3v) is 6.70. The third-order valence-electron chi connectivity index (χ3n) is 6.70. The lowest BCUT2D eigenvalue weighted by atomic mass is 10.1. The molecule has 6 rings (SSSR count). The van der Waals surface area contributed by atoms with Crippen LogP contribution in [-0.2, 0) is 0 Å². The van der Waals surface area contributed by atoms with Crippen LogP contribution in [0.1, 0.15) is 25.5 Å². The van der Waals surface area contributed by atoms with E-state index in [1.54, 1.807) is 36.7 Å². The van der Waals surface area contributed by atoms with Crippen LogP contribution in [0.4, 0.5) is 4.39 Å². The Bertz CT molecular complexity index is 1770. The number of fused-ring (bicyclic) bond motifs is 2. The molecule has 1 aliphatic rings. The Hall–Kier alpha value is -4.85. The van der Waals surface area contributed by atoms with E-state index in [2.05, 4.69) is 38.6 Å². The number of aromatic nitrogens is 6. The smallest absolute Gasteiger partial charge is 0.161 e. The highest BCUT2D eigenvalue weighted by Gasteiger charge is 2.24. The molecule has 1 aliphatic carbocycles. The average molecular weight is 504 g/mol.